The number of aliphatic hydroxyl groups is 1. The summed E-state index contributed by atoms with van der Waals surface area (Å²) in [6, 6.07) is 17.9. The van der Waals surface area contributed by atoms with Gasteiger partial charge in [-0.3, -0.25) is 24.6 Å². The molecule has 2 fully saturated rings. The zero-order chi connectivity index (χ0) is 27.3. The van der Waals surface area contributed by atoms with Gasteiger partial charge in [-0.1, -0.05) is 24.3 Å². The van der Waals surface area contributed by atoms with Gasteiger partial charge in [0.1, 0.15) is 6.04 Å². The molecule has 8 heteroatoms. The van der Waals surface area contributed by atoms with Gasteiger partial charge in [0, 0.05) is 55.2 Å². The number of likely N-dealkylation sites (tertiary alicyclic amines) is 1. The van der Waals surface area contributed by atoms with E-state index in [-0.39, 0.29) is 18.2 Å². The lowest BCUT2D eigenvalue weighted by Crippen LogP contribution is -2.52. The maximum Gasteiger partial charge on any atom is 0.255 e. The third-order valence-electron chi connectivity index (χ3n) is 8.62. The Bertz CT molecular complexity index is 1430. The molecule has 2 aromatic carbocycles. The molecule has 2 saturated heterocycles. The summed E-state index contributed by atoms with van der Waals surface area (Å²) in [5, 5.41) is 13.9. The molecule has 0 bridgehead atoms. The van der Waals surface area contributed by atoms with Gasteiger partial charge in [-0.15, -0.1) is 0 Å². The first kappa shape index (κ1) is 25.5. The molecule has 3 amide bonds. The fourth-order valence-electron chi connectivity index (χ4n) is 6.32. The molecule has 1 aromatic heterocycles. The zero-order valence-electron chi connectivity index (χ0n) is 22.4. The van der Waals surface area contributed by atoms with Crippen molar-refractivity contribution in [3.05, 3.63) is 88.2 Å². The molecule has 0 aliphatic carbocycles. The van der Waals surface area contributed by atoms with Crippen LogP contribution in [-0.2, 0) is 28.3 Å². The minimum atomic E-state index is -0.954. The second kappa shape index (κ2) is 9.77. The standard InChI is InChI=1S/C31H34N4O4/c1-20-3-4-21(2)35(20)25-8-5-22(6-9-25)18-33-15-13-31(39,14-16-33)24-7-10-26-23(17-24)19-34(30(26)38)27-11-12-28(36)32-29(27)37/h3-10,17,27,39H,11-16,18-19H2,1-2H3,(H,32,36,37). The number of aryl methyl sites for hydroxylation is 2. The van der Waals surface area contributed by atoms with E-state index in [1.807, 2.05) is 12.1 Å². The monoisotopic (exact) mass is 526 g/mol. The molecule has 0 radical (unpaired) electrons. The molecule has 3 aromatic rings. The molecule has 4 heterocycles. The number of benzene rings is 2. The largest absolute Gasteiger partial charge is 0.385 e. The van der Waals surface area contributed by atoms with Gasteiger partial charge in [0.15, 0.2) is 0 Å². The van der Waals surface area contributed by atoms with Gasteiger partial charge in [-0.2, -0.15) is 0 Å². The van der Waals surface area contributed by atoms with Crippen LogP contribution in [0.5, 0.6) is 0 Å². The Hall–Kier alpha value is -3.75. The predicted octanol–water partition coefficient (Wildman–Crippen LogP) is 3.34. The van der Waals surface area contributed by atoms with Crippen LogP contribution in [0, 0.1) is 13.8 Å². The number of hydrogen-bond donors (Lipinski definition) is 2. The van der Waals surface area contributed by atoms with Crippen molar-refractivity contribution < 1.29 is 19.5 Å². The smallest absolute Gasteiger partial charge is 0.255 e. The fourth-order valence-corrected chi connectivity index (χ4v) is 6.32. The number of rotatable bonds is 5. The summed E-state index contributed by atoms with van der Waals surface area (Å²) in [6.45, 7) is 6.92. The SMILES string of the molecule is Cc1ccc(C)n1-c1ccc(CN2CCC(O)(c3ccc4c(c3)CN(C3CCC(=O)NC3=O)C4=O)CC2)cc1. The molecule has 2 N–H and O–H groups in total. The number of carbonyl (C=O) groups is 3. The lowest BCUT2D eigenvalue weighted by atomic mass is 9.83. The second-order valence-electron chi connectivity index (χ2n) is 11.2. The highest BCUT2D eigenvalue weighted by molar-refractivity contribution is 6.05. The predicted molar refractivity (Wildman–Crippen MR) is 146 cm³/mol. The first-order chi connectivity index (χ1) is 18.7. The van der Waals surface area contributed by atoms with E-state index in [2.05, 4.69) is 65.0 Å². The van der Waals surface area contributed by atoms with Crippen LogP contribution in [-0.4, -0.2) is 56.3 Å². The highest BCUT2D eigenvalue weighted by Gasteiger charge is 2.40. The molecule has 202 valence electrons. The van der Waals surface area contributed by atoms with Crippen LogP contribution >= 0.6 is 0 Å². The zero-order valence-corrected chi connectivity index (χ0v) is 22.4. The molecule has 3 aliphatic rings. The minimum absolute atomic E-state index is 0.194. The van der Waals surface area contributed by atoms with Crippen molar-refractivity contribution in [1.82, 2.24) is 19.7 Å². The summed E-state index contributed by atoms with van der Waals surface area (Å²) >= 11 is 0. The molecular weight excluding hydrogens is 492 g/mol. The van der Waals surface area contributed by atoms with Crippen molar-refractivity contribution in [2.24, 2.45) is 0 Å². The number of nitrogens with zero attached hydrogens (tertiary/aromatic N) is 3. The topological polar surface area (TPSA) is 94.9 Å². The molecule has 0 spiro atoms. The highest BCUT2D eigenvalue weighted by Crippen LogP contribution is 2.37. The summed E-state index contributed by atoms with van der Waals surface area (Å²) in [5.41, 5.74) is 6.11. The molecule has 0 saturated carbocycles. The molecule has 8 nitrogen and oxygen atoms in total. The molecule has 39 heavy (non-hydrogen) atoms. The van der Waals surface area contributed by atoms with Gasteiger partial charge in [0.25, 0.3) is 5.91 Å². The second-order valence-corrected chi connectivity index (χ2v) is 11.2. The quantitative estimate of drug-likeness (QED) is 0.498. The van der Waals surface area contributed by atoms with Crippen LogP contribution < -0.4 is 5.32 Å². The molecule has 6 rings (SSSR count). The highest BCUT2D eigenvalue weighted by atomic mass is 16.3. The number of nitrogens with one attached hydrogen (secondary N) is 1. The van der Waals surface area contributed by atoms with Gasteiger partial charge in [0.2, 0.25) is 11.8 Å². The number of fused-ring (bicyclic) bond motifs is 1. The van der Waals surface area contributed by atoms with E-state index >= 15 is 0 Å². The Morgan fingerprint density at radius 2 is 1.64 bits per heavy atom. The van der Waals surface area contributed by atoms with Crippen molar-refractivity contribution >= 4 is 17.7 Å². The van der Waals surface area contributed by atoms with E-state index in [0.29, 0.717) is 31.4 Å². The third-order valence-corrected chi connectivity index (χ3v) is 8.62. The van der Waals surface area contributed by atoms with Crippen LogP contribution in [0.1, 0.15) is 64.1 Å². The molecule has 1 atom stereocenters. The van der Waals surface area contributed by atoms with Crippen molar-refractivity contribution in [2.45, 2.75) is 64.3 Å². The number of carbonyl (C=O) groups excluding carboxylic acids is 3. The Kier molecular flexibility index (Phi) is 6.40. The van der Waals surface area contributed by atoms with Crippen molar-refractivity contribution in [3.63, 3.8) is 0 Å². The number of aromatic nitrogens is 1. The summed E-state index contributed by atoms with van der Waals surface area (Å²) in [5.74, 6) is -0.903. The summed E-state index contributed by atoms with van der Waals surface area (Å²) in [4.78, 5) is 40.8. The Morgan fingerprint density at radius 1 is 0.949 bits per heavy atom. The van der Waals surface area contributed by atoms with Crippen molar-refractivity contribution in [1.29, 1.82) is 0 Å². The number of piperidine rings is 2. The van der Waals surface area contributed by atoms with Gasteiger partial charge < -0.3 is 14.6 Å². The van der Waals surface area contributed by atoms with Crippen molar-refractivity contribution in [3.8, 4) is 5.69 Å². The average molecular weight is 527 g/mol. The van der Waals surface area contributed by atoms with E-state index < -0.39 is 17.6 Å². The number of amides is 3. The van der Waals surface area contributed by atoms with Crippen LogP contribution in [0.4, 0.5) is 0 Å². The molecule has 3 aliphatic heterocycles. The van der Waals surface area contributed by atoms with Crippen LogP contribution in [0.2, 0.25) is 0 Å². The van der Waals surface area contributed by atoms with Gasteiger partial charge in [-0.05, 0) is 80.1 Å². The first-order valence-corrected chi connectivity index (χ1v) is 13.7. The molecule has 1 unspecified atom stereocenters. The maximum absolute atomic E-state index is 13.0. The number of hydrogen-bond acceptors (Lipinski definition) is 5. The van der Waals surface area contributed by atoms with Gasteiger partial charge in [-0.25, -0.2) is 0 Å². The van der Waals surface area contributed by atoms with Gasteiger partial charge in [0.05, 0.1) is 5.60 Å². The Labute approximate surface area is 228 Å². The summed E-state index contributed by atoms with van der Waals surface area (Å²) in [6.07, 6.45) is 1.78. The van der Waals surface area contributed by atoms with E-state index in [9.17, 15) is 19.5 Å². The average Bonchev–Trinajstić information content (AvgIpc) is 3.43. The van der Waals surface area contributed by atoms with Crippen molar-refractivity contribution in [2.75, 3.05) is 13.1 Å². The van der Waals surface area contributed by atoms with Crippen LogP contribution in [0.3, 0.4) is 0 Å². The van der Waals surface area contributed by atoms with E-state index in [1.54, 1.807) is 11.0 Å². The summed E-state index contributed by atoms with van der Waals surface area (Å²) in [7, 11) is 0. The fraction of sp³-hybridized carbons (Fsp3) is 0.387. The van der Waals surface area contributed by atoms with E-state index in [0.717, 1.165) is 36.4 Å². The lowest BCUT2D eigenvalue weighted by Gasteiger charge is -2.38. The first-order valence-electron chi connectivity index (χ1n) is 13.7. The Balaban J connectivity index is 1.09. The van der Waals surface area contributed by atoms with Crippen LogP contribution in [0.15, 0.2) is 54.6 Å². The third kappa shape index (κ3) is 4.68. The Morgan fingerprint density at radius 3 is 2.31 bits per heavy atom. The van der Waals surface area contributed by atoms with Crippen LogP contribution in [0.25, 0.3) is 5.69 Å². The minimum Gasteiger partial charge on any atom is -0.385 e. The molecular formula is C31H34N4O4. The maximum atomic E-state index is 13.0. The summed E-state index contributed by atoms with van der Waals surface area (Å²) < 4.78 is 2.25. The van der Waals surface area contributed by atoms with Gasteiger partial charge >= 0.3 is 0 Å². The van der Waals surface area contributed by atoms with E-state index in [1.165, 1.54) is 17.0 Å². The number of imide groups is 1. The van der Waals surface area contributed by atoms with E-state index in [4.69, 9.17) is 0 Å². The lowest BCUT2D eigenvalue weighted by molar-refractivity contribution is -0.136. The normalized spacial score (nSPS) is 21.3.